The second kappa shape index (κ2) is 2.37. The summed E-state index contributed by atoms with van der Waals surface area (Å²) < 4.78 is 10.4. The molecule has 0 rings (SSSR count). The van der Waals surface area contributed by atoms with Crippen molar-refractivity contribution in [2.45, 2.75) is 19.5 Å². The molecule has 0 radical (unpaired) electrons. The van der Waals surface area contributed by atoms with E-state index in [1.165, 1.54) is 13.8 Å². The van der Waals surface area contributed by atoms with E-state index in [0.29, 0.717) is 0 Å². The van der Waals surface area contributed by atoms with Gasteiger partial charge in [-0.25, -0.2) is 0 Å². The maximum absolute atomic E-state index is 10.4. The van der Waals surface area contributed by atoms with Crippen molar-refractivity contribution in [2.75, 3.05) is 0 Å². The maximum atomic E-state index is 10.4. The third-order valence-electron chi connectivity index (χ3n) is 0.790. The lowest BCUT2D eigenvalue weighted by molar-refractivity contribution is 0.470. The number of nitrogens with zero attached hydrogens (tertiary/aromatic N) is 1. The van der Waals surface area contributed by atoms with E-state index in [9.17, 15) is 9.47 Å². The van der Waals surface area contributed by atoms with Crippen LogP contribution in [0, 0.1) is 4.91 Å². The van der Waals surface area contributed by atoms with E-state index in [-0.39, 0.29) is 0 Å². The summed E-state index contributed by atoms with van der Waals surface area (Å²) in [6, 6.07) is 0. The zero-order chi connectivity index (χ0) is 6.78. The highest BCUT2D eigenvalue weighted by Gasteiger charge is 2.23. The van der Waals surface area contributed by atoms with Crippen molar-refractivity contribution in [1.82, 2.24) is 0 Å². The second-order valence-corrected chi connectivity index (χ2v) is 4.14. The van der Waals surface area contributed by atoms with E-state index < -0.39 is 13.2 Å². The van der Waals surface area contributed by atoms with Crippen LogP contribution in [0.2, 0.25) is 0 Å². The predicted octanol–water partition coefficient (Wildman–Crippen LogP) is 1.35. The second-order valence-electron chi connectivity index (χ2n) is 1.76. The molecule has 0 amide bonds. The monoisotopic (exact) mass is 137 g/mol. The summed E-state index contributed by atoms with van der Waals surface area (Å²) >= 11 is 0. The van der Waals surface area contributed by atoms with Crippen LogP contribution < -0.4 is 0 Å². The van der Waals surface area contributed by atoms with Gasteiger partial charge in [-0.1, -0.05) is 13.8 Å². The Labute approximate surface area is 47.4 Å². The van der Waals surface area contributed by atoms with E-state index in [4.69, 9.17) is 4.89 Å². The van der Waals surface area contributed by atoms with Crippen LogP contribution >= 0.6 is 7.52 Å². The fourth-order valence-electron chi connectivity index (χ4n) is 0.0943. The molecular weight excluding hydrogens is 129 g/mol. The van der Waals surface area contributed by atoms with Gasteiger partial charge in [0.05, 0.1) is 5.66 Å². The Morgan fingerprint density at radius 2 is 2.00 bits per heavy atom. The lowest BCUT2D eigenvalue weighted by Gasteiger charge is -2.02. The van der Waals surface area contributed by atoms with Crippen LogP contribution in [0.1, 0.15) is 13.8 Å². The van der Waals surface area contributed by atoms with Crippen molar-refractivity contribution in [3.63, 3.8) is 0 Å². The lowest BCUT2D eigenvalue weighted by Crippen LogP contribution is -1.92. The summed E-state index contributed by atoms with van der Waals surface area (Å²) in [5.74, 6) is 0. The van der Waals surface area contributed by atoms with Gasteiger partial charge in [0.1, 0.15) is 0 Å². The van der Waals surface area contributed by atoms with Gasteiger partial charge in [-0.2, -0.15) is 0 Å². The molecular formula is C3H8NO3P. The average molecular weight is 137 g/mol. The highest BCUT2D eigenvalue weighted by atomic mass is 31.2. The minimum absolute atomic E-state index is 0.556. The molecule has 0 aromatic heterocycles. The standard InChI is InChI=1S/C3H8NO3P/c1-3(2)8(6,7)4-5/h3H,1-2H3,(H,6,7). The quantitative estimate of drug-likeness (QED) is 0.461. The summed E-state index contributed by atoms with van der Waals surface area (Å²) in [5, 5.41) is 0. The van der Waals surface area contributed by atoms with Crippen LogP contribution in [0.3, 0.4) is 0 Å². The van der Waals surface area contributed by atoms with E-state index in [1.807, 2.05) is 0 Å². The first kappa shape index (κ1) is 7.79. The van der Waals surface area contributed by atoms with Crippen LogP contribution in [0.15, 0.2) is 4.95 Å². The van der Waals surface area contributed by atoms with Crippen molar-refractivity contribution in [3.05, 3.63) is 4.91 Å². The van der Waals surface area contributed by atoms with Crippen LogP contribution in [0.25, 0.3) is 0 Å². The lowest BCUT2D eigenvalue weighted by atomic mass is 10.6. The minimum Gasteiger partial charge on any atom is -0.326 e. The first-order valence-corrected chi connectivity index (χ1v) is 3.86. The Morgan fingerprint density at radius 3 is 2.00 bits per heavy atom. The van der Waals surface area contributed by atoms with E-state index >= 15 is 0 Å². The van der Waals surface area contributed by atoms with Crippen LogP contribution in [-0.4, -0.2) is 10.6 Å². The van der Waals surface area contributed by atoms with Crippen LogP contribution in [0.4, 0.5) is 0 Å². The molecule has 0 heterocycles. The first-order valence-electron chi connectivity index (χ1n) is 2.18. The van der Waals surface area contributed by atoms with Crippen molar-refractivity contribution in [2.24, 2.45) is 4.95 Å². The smallest absolute Gasteiger partial charge is 0.326 e. The molecule has 1 atom stereocenters. The zero-order valence-corrected chi connectivity index (χ0v) is 5.63. The molecule has 1 unspecified atom stereocenters. The normalized spacial score (nSPS) is 18.0. The molecule has 0 aliphatic rings. The van der Waals surface area contributed by atoms with Gasteiger partial charge >= 0.3 is 7.52 Å². The molecule has 0 aliphatic carbocycles. The molecule has 1 N–H and O–H groups in total. The number of hydrogen-bond acceptors (Lipinski definition) is 2. The predicted molar refractivity (Wildman–Crippen MR) is 30.8 cm³/mol. The SMILES string of the molecule is CC(C)P(=O)(O)N=O. The Morgan fingerprint density at radius 1 is 1.62 bits per heavy atom. The molecule has 0 aromatic rings. The third kappa shape index (κ3) is 1.72. The zero-order valence-electron chi connectivity index (χ0n) is 4.74. The summed E-state index contributed by atoms with van der Waals surface area (Å²) in [4.78, 5) is 20.1. The molecule has 0 saturated heterocycles. The maximum Gasteiger partial charge on any atom is 0.352 e. The Kier molecular flexibility index (Phi) is 2.31. The first-order chi connectivity index (χ1) is 3.50. The highest BCUT2D eigenvalue weighted by Crippen LogP contribution is 2.46. The minimum atomic E-state index is -3.68. The molecule has 8 heavy (non-hydrogen) atoms. The summed E-state index contributed by atoms with van der Waals surface area (Å²) in [5.41, 5.74) is -0.556. The van der Waals surface area contributed by atoms with E-state index in [0.717, 1.165) is 0 Å². The van der Waals surface area contributed by atoms with Crippen molar-refractivity contribution >= 4 is 7.52 Å². The van der Waals surface area contributed by atoms with E-state index in [2.05, 4.69) is 4.95 Å². The topological polar surface area (TPSA) is 66.7 Å². The Bertz CT molecular complexity index is 132. The van der Waals surface area contributed by atoms with Gasteiger partial charge in [0, 0.05) is 4.95 Å². The van der Waals surface area contributed by atoms with E-state index in [1.54, 1.807) is 0 Å². The Hall–Kier alpha value is -0.210. The number of rotatable bonds is 2. The Balaban J connectivity index is 4.14. The van der Waals surface area contributed by atoms with Gasteiger partial charge < -0.3 is 4.89 Å². The third-order valence-corrected chi connectivity index (χ3v) is 2.37. The van der Waals surface area contributed by atoms with Gasteiger partial charge in [0.2, 0.25) is 0 Å². The fourth-order valence-corrected chi connectivity index (χ4v) is 0.283. The molecule has 0 saturated carbocycles. The van der Waals surface area contributed by atoms with Gasteiger partial charge in [-0.05, 0) is 0 Å². The molecule has 0 fully saturated rings. The summed E-state index contributed by atoms with van der Waals surface area (Å²) in [6.07, 6.45) is 0. The van der Waals surface area contributed by atoms with Gasteiger partial charge in [0.25, 0.3) is 0 Å². The number of nitroso groups, excluding NO2 is 1. The fraction of sp³-hybridized carbons (Fsp3) is 1.00. The molecule has 0 spiro atoms. The molecule has 0 aromatic carbocycles. The molecule has 4 nitrogen and oxygen atoms in total. The average Bonchev–Trinajstić information content (AvgIpc) is 1.67. The summed E-state index contributed by atoms with van der Waals surface area (Å²) in [7, 11) is -3.68. The molecule has 0 aliphatic heterocycles. The number of hydrogen-bond donors (Lipinski definition) is 1. The largest absolute Gasteiger partial charge is 0.352 e. The van der Waals surface area contributed by atoms with Crippen LogP contribution in [-0.2, 0) is 4.57 Å². The van der Waals surface area contributed by atoms with Crippen molar-refractivity contribution in [3.8, 4) is 0 Å². The molecule has 48 valence electrons. The molecule has 5 heteroatoms. The van der Waals surface area contributed by atoms with Gasteiger partial charge in [-0.15, -0.1) is 4.91 Å². The van der Waals surface area contributed by atoms with Gasteiger partial charge in [-0.3, -0.25) is 4.57 Å². The summed E-state index contributed by atoms with van der Waals surface area (Å²) in [6.45, 7) is 2.95. The van der Waals surface area contributed by atoms with Crippen molar-refractivity contribution < 1.29 is 9.46 Å². The van der Waals surface area contributed by atoms with Crippen molar-refractivity contribution in [1.29, 1.82) is 0 Å². The van der Waals surface area contributed by atoms with Gasteiger partial charge in [0.15, 0.2) is 0 Å². The highest BCUT2D eigenvalue weighted by molar-refractivity contribution is 7.57. The molecule has 0 bridgehead atoms. The van der Waals surface area contributed by atoms with Crippen LogP contribution in [0.5, 0.6) is 0 Å².